The van der Waals surface area contributed by atoms with Crippen LogP contribution < -0.4 is 5.32 Å². The van der Waals surface area contributed by atoms with Crippen molar-refractivity contribution in [1.82, 2.24) is 10.2 Å². The Morgan fingerprint density at radius 1 is 1.25 bits per heavy atom. The molecule has 0 spiro atoms. The third-order valence-corrected chi connectivity index (χ3v) is 3.12. The number of hydrogen-bond acceptors (Lipinski definition) is 2. The van der Waals surface area contributed by atoms with Crippen LogP contribution in [0.5, 0.6) is 0 Å². The summed E-state index contributed by atoms with van der Waals surface area (Å²) in [5.74, 6) is -0.242. The van der Waals surface area contributed by atoms with Crippen molar-refractivity contribution in [3.8, 4) is 0 Å². The normalized spacial score (nSPS) is 11.0. The minimum atomic E-state index is -0.242. The molecular weight excluding hydrogens is 297 g/mol. The Hall–Kier alpha value is -1.78. The van der Waals surface area contributed by atoms with Crippen LogP contribution in [-0.4, -0.2) is 16.1 Å². The number of nitrogens with zero attached hydrogens (tertiary/aromatic N) is 1. The van der Waals surface area contributed by atoms with Crippen molar-refractivity contribution in [3.63, 3.8) is 0 Å². The number of hydrogen-bond donors (Lipinski definition) is 2. The Bertz CT molecular complexity index is 637. The van der Waals surface area contributed by atoms with Crippen molar-refractivity contribution in [1.29, 1.82) is 0 Å². The van der Waals surface area contributed by atoms with E-state index in [1.165, 1.54) is 6.08 Å². The van der Waals surface area contributed by atoms with Crippen LogP contribution in [-0.2, 0) is 4.79 Å². The lowest BCUT2D eigenvalue weighted by Gasteiger charge is -2.01. The first-order valence-electron chi connectivity index (χ1n) is 5.92. The number of H-pyrrole nitrogens is 1. The lowest BCUT2D eigenvalue weighted by molar-refractivity contribution is -0.111. The third kappa shape index (κ3) is 3.62. The van der Waals surface area contributed by atoms with Crippen LogP contribution in [0, 0.1) is 13.8 Å². The van der Waals surface area contributed by atoms with Gasteiger partial charge in [0.15, 0.2) is 0 Å². The summed E-state index contributed by atoms with van der Waals surface area (Å²) >= 11 is 11.8. The van der Waals surface area contributed by atoms with Crippen LogP contribution in [0.2, 0.25) is 10.0 Å². The molecule has 2 N–H and O–H groups in total. The first-order valence-corrected chi connectivity index (χ1v) is 6.68. The van der Waals surface area contributed by atoms with Crippen LogP contribution in [0.4, 0.5) is 5.69 Å². The Labute approximate surface area is 126 Å². The molecule has 4 nitrogen and oxygen atoms in total. The minimum absolute atomic E-state index is 0.242. The zero-order chi connectivity index (χ0) is 14.7. The van der Waals surface area contributed by atoms with Gasteiger partial charge in [-0.2, -0.15) is 5.10 Å². The summed E-state index contributed by atoms with van der Waals surface area (Å²) in [5.41, 5.74) is 3.02. The van der Waals surface area contributed by atoms with Gasteiger partial charge in [-0.3, -0.25) is 9.89 Å². The molecule has 0 aliphatic rings. The molecule has 1 aromatic carbocycles. The second kappa shape index (κ2) is 6.11. The molecule has 1 heterocycles. The molecule has 0 unspecified atom stereocenters. The summed E-state index contributed by atoms with van der Waals surface area (Å²) in [7, 11) is 0. The SMILES string of the molecule is Cc1n[nH]c(C)c1NC(=O)/C=C/c1cc(Cl)cc(Cl)c1. The minimum Gasteiger partial charge on any atom is -0.319 e. The molecule has 0 radical (unpaired) electrons. The standard InChI is InChI=1S/C14H13Cl2N3O/c1-8-14(9(2)19-18-8)17-13(20)4-3-10-5-11(15)7-12(16)6-10/h3-7H,1-2H3,(H,17,20)(H,18,19)/b4-3+. The van der Waals surface area contributed by atoms with E-state index >= 15 is 0 Å². The smallest absolute Gasteiger partial charge is 0.248 e. The Kier molecular flexibility index (Phi) is 4.47. The molecule has 0 saturated heterocycles. The highest BCUT2D eigenvalue weighted by Crippen LogP contribution is 2.20. The number of benzene rings is 1. The molecule has 2 rings (SSSR count). The largest absolute Gasteiger partial charge is 0.319 e. The van der Waals surface area contributed by atoms with Gasteiger partial charge in [0.25, 0.3) is 0 Å². The second-order valence-electron chi connectivity index (χ2n) is 4.33. The molecule has 0 fully saturated rings. The zero-order valence-electron chi connectivity index (χ0n) is 11.0. The van der Waals surface area contributed by atoms with Crippen molar-refractivity contribution in [2.45, 2.75) is 13.8 Å². The lowest BCUT2D eigenvalue weighted by atomic mass is 10.2. The first kappa shape index (κ1) is 14.6. The Morgan fingerprint density at radius 2 is 1.90 bits per heavy atom. The Balaban J connectivity index is 2.10. The topological polar surface area (TPSA) is 57.8 Å². The van der Waals surface area contributed by atoms with Crippen molar-refractivity contribution in [2.75, 3.05) is 5.32 Å². The molecule has 2 aromatic rings. The van der Waals surface area contributed by atoms with E-state index in [0.717, 1.165) is 17.0 Å². The summed E-state index contributed by atoms with van der Waals surface area (Å²) in [5, 5.41) is 10.6. The fourth-order valence-electron chi connectivity index (χ4n) is 1.74. The number of halogens is 2. The van der Waals surface area contributed by atoms with E-state index in [0.29, 0.717) is 15.7 Å². The van der Waals surface area contributed by atoms with Gasteiger partial charge < -0.3 is 5.32 Å². The first-order chi connectivity index (χ1) is 9.45. The van der Waals surface area contributed by atoms with Gasteiger partial charge in [0.05, 0.1) is 17.1 Å². The highest BCUT2D eigenvalue weighted by atomic mass is 35.5. The highest BCUT2D eigenvalue weighted by Gasteiger charge is 2.07. The maximum atomic E-state index is 11.9. The quantitative estimate of drug-likeness (QED) is 0.842. The van der Waals surface area contributed by atoms with Gasteiger partial charge in [-0.25, -0.2) is 0 Å². The number of carbonyl (C=O) groups is 1. The van der Waals surface area contributed by atoms with Gasteiger partial charge in [0, 0.05) is 16.1 Å². The molecule has 20 heavy (non-hydrogen) atoms. The van der Waals surface area contributed by atoms with E-state index in [2.05, 4.69) is 15.5 Å². The number of rotatable bonds is 3. The van der Waals surface area contributed by atoms with Crippen molar-refractivity contribution >= 4 is 40.9 Å². The van der Waals surface area contributed by atoms with Crippen LogP contribution in [0.3, 0.4) is 0 Å². The number of amides is 1. The molecule has 6 heteroatoms. The molecule has 0 aliphatic heterocycles. The van der Waals surface area contributed by atoms with E-state index in [-0.39, 0.29) is 5.91 Å². The maximum Gasteiger partial charge on any atom is 0.248 e. The van der Waals surface area contributed by atoms with Gasteiger partial charge in [-0.05, 0) is 43.7 Å². The second-order valence-corrected chi connectivity index (χ2v) is 5.21. The van der Waals surface area contributed by atoms with Crippen LogP contribution in [0.25, 0.3) is 6.08 Å². The van der Waals surface area contributed by atoms with E-state index in [9.17, 15) is 4.79 Å². The zero-order valence-corrected chi connectivity index (χ0v) is 12.5. The van der Waals surface area contributed by atoms with Crippen LogP contribution in [0.15, 0.2) is 24.3 Å². The van der Waals surface area contributed by atoms with Crippen LogP contribution >= 0.6 is 23.2 Å². The molecule has 0 atom stereocenters. The summed E-state index contributed by atoms with van der Waals surface area (Å²) in [4.78, 5) is 11.9. The van der Waals surface area contributed by atoms with E-state index in [1.807, 2.05) is 13.8 Å². The molecule has 0 aliphatic carbocycles. The number of aryl methyl sites for hydroxylation is 2. The fourth-order valence-corrected chi connectivity index (χ4v) is 2.29. The van der Waals surface area contributed by atoms with E-state index in [1.54, 1.807) is 24.3 Å². The number of aromatic nitrogens is 2. The fraction of sp³-hybridized carbons (Fsp3) is 0.143. The monoisotopic (exact) mass is 309 g/mol. The van der Waals surface area contributed by atoms with Gasteiger partial charge >= 0.3 is 0 Å². The van der Waals surface area contributed by atoms with Crippen molar-refractivity contribution in [3.05, 3.63) is 51.3 Å². The summed E-state index contributed by atoms with van der Waals surface area (Å²) in [6.45, 7) is 3.66. The summed E-state index contributed by atoms with van der Waals surface area (Å²) in [6.07, 6.45) is 3.08. The molecule has 1 aromatic heterocycles. The van der Waals surface area contributed by atoms with E-state index < -0.39 is 0 Å². The molecule has 104 valence electrons. The number of carbonyl (C=O) groups excluding carboxylic acids is 1. The van der Waals surface area contributed by atoms with Crippen molar-refractivity contribution < 1.29 is 4.79 Å². The number of anilines is 1. The van der Waals surface area contributed by atoms with E-state index in [4.69, 9.17) is 23.2 Å². The predicted molar refractivity (Wildman–Crippen MR) is 82.2 cm³/mol. The van der Waals surface area contributed by atoms with Gasteiger partial charge in [-0.15, -0.1) is 0 Å². The van der Waals surface area contributed by atoms with Gasteiger partial charge in [0.1, 0.15) is 0 Å². The summed E-state index contributed by atoms with van der Waals surface area (Å²) < 4.78 is 0. The molecule has 0 saturated carbocycles. The van der Waals surface area contributed by atoms with Gasteiger partial charge in [0.2, 0.25) is 5.91 Å². The molecule has 0 bridgehead atoms. The summed E-state index contributed by atoms with van der Waals surface area (Å²) in [6, 6.07) is 5.09. The van der Waals surface area contributed by atoms with Crippen LogP contribution in [0.1, 0.15) is 17.0 Å². The lowest BCUT2D eigenvalue weighted by Crippen LogP contribution is -2.09. The average Bonchev–Trinajstić information content (AvgIpc) is 2.67. The maximum absolute atomic E-state index is 11.9. The highest BCUT2D eigenvalue weighted by molar-refractivity contribution is 6.34. The van der Waals surface area contributed by atoms with Crippen molar-refractivity contribution in [2.24, 2.45) is 0 Å². The number of aromatic amines is 1. The molecular formula is C14H13Cl2N3O. The van der Waals surface area contributed by atoms with Gasteiger partial charge in [-0.1, -0.05) is 23.2 Å². The Morgan fingerprint density at radius 3 is 2.45 bits per heavy atom. The third-order valence-electron chi connectivity index (χ3n) is 2.69. The number of nitrogens with one attached hydrogen (secondary N) is 2. The predicted octanol–water partition coefficient (Wildman–Crippen LogP) is 3.99. The molecule has 1 amide bonds. The average molecular weight is 310 g/mol.